The number of hydrogen-bond donors (Lipinski definition) is 2. The van der Waals surface area contributed by atoms with Crippen molar-refractivity contribution in [2.45, 2.75) is 56.9 Å². The summed E-state index contributed by atoms with van der Waals surface area (Å²) in [5, 5.41) is 2.94. The summed E-state index contributed by atoms with van der Waals surface area (Å²) in [4.78, 5) is 26.8. The molecule has 0 bridgehead atoms. The quantitative estimate of drug-likeness (QED) is 0.609. The molecule has 2 unspecified atom stereocenters. The number of amides is 2. The van der Waals surface area contributed by atoms with Crippen LogP contribution in [0.25, 0.3) is 0 Å². The zero-order valence-electron chi connectivity index (χ0n) is 16.7. The van der Waals surface area contributed by atoms with Gasteiger partial charge in [-0.05, 0) is 38.3 Å². The van der Waals surface area contributed by atoms with Crippen molar-refractivity contribution in [3.05, 3.63) is 30.3 Å². The van der Waals surface area contributed by atoms with E-state index in [1.165, 1.54) is 12.1 Å². The maximum absolute atomic E-state index is 12.6. The Kier molecular flexibility index (Phi) is 8.44. The summed E-state index contributed by atoms with van der Waals surface area (Å²) < 4.78 is 26.9. The third kappa shape index (κ3) is 6.31. The molecule has 2 atom stereocenters. The zero-order valence-corrected chi connectivity index (χ0v) is 17.5. The van der Waals surface area contributed by atoms with Crippen molar-refractivity contribution in [3.63, 3.8) is 0 Å². The number of benzene rings is 1. The molecule has 28 heavy (non-hydrogen) atoms. The highest BCUT2D eigenvalue weighted by Crippen LogP contribution is 2.23. The van der Waals surface area contributed by atoms with E-state index in [9.17, 15) is 18.0 Å². The first kappa shape index (κ1) is 22.4. The Balaban J connectivity index is 1.85. The minimum absolute atomic E-state index is 0.00271. The summed E-state index contributed by atoms with van der Waals surface area (Å²) in [6.07, 6.45) is 3.57. The van der Waals surface area contributed by atoms with Crippen LogP contribution < -0.4 is 10.0 Å². The molecule has 1 aromatic carbocycles. The van der Waals surface area contributed by atoms with E-state index in [2.05, 4.69) is 17.0 Å². The standard InChI is InChI=1S/C20H31N3O4S/c1-3-4-13-21-20(25)17-11-10-16(2)23(15-17)19(24)12-14-22-28(26,27)18-8-6-5-7-9-18/h5-9,16-17,22H,3-4,10-15H2,1-2H3,(H,21,25). The van der Waals surface area contributed by atoms with Crippen LogP contribution in [0, 0.1) is 5.92 Å². The molecule has 1 aromatic rings. The Bertz CT molecular complexity index is 752. The number of nitrogens with zero attached hydrogens (tertiary/aromatic N) is 1. The first-order chi connectivity index (χ1) is 13.3. The molecule has 1 fully saturated rings. The molecule has 0 spiro atoms. The van der Waals surface area contributed by atoms with Crippen LogP contribution in [0.1, 0.15) is 46.0 Å². The molecule has 1 aliphatic rings. The predicted octanol–water partition coefficient (Wildman–Crippen LogP) is 1.90. The van der Waals surface area contributed by atoms with Crippen molar-refractivity contribution < 1.29 is 18.0 Å². The van der Waals surface area contributed by atoms with E-state index < -0.39 is 10.0 Å². The zero-order chi connectivity index (χ0) is 20.6. The Morgan fingerprint density at radius 1 is 1.14 bits per heavy atom. The first-order valence-corrected chi connectivity index (χ1v) is 11.5. The van der Waals surface area contributed by atoms with Crippen LogP contribution >= 0.6 is 0 Å². The molecule has 1 saturated heterocycles. The van der Waals surface area contributed by atoms with E-state index in [0.29, 0.717) is 13.1 Å². The average Bonchev–Trinajstić information content (AvgIpc) is 2.69. The number of likely N-dealkylation sites (tertiary alicyclic amines) is 1. The lowest BCUT2D eigenvalue weighted by molar-refractivity contribution is -0.138. The molecule has 8 heteroatoms. The number of carbonyl (C=O) groups excluding carboxylic acids is 2. The van der Waals surface area contributed by atoms with Gasteiger partial charge in [-0.2, -0.15) is 0 Å². The van der Waals surface area contributed by atoms with Crippen molar-refractivity contribution in [3.8, 4) is 0 Å². The molecule has 2 rings (SSSR count). The highest BCUT2D eigenvalue weighted by Gasteiger charge is 2.32. The molecule has 0 aromatic heterocycles. The second kappa shape index (κ2) is 10.6. The number of carbonyl (C=O) groups is 2. The Morgan fingerprint density at radius 2 is 1.86 bits per heavy atom. The lowest BCUT2D eigenvalue weighted by atomic mass is 9.92. The Morgan fingerprint density at radius 3 is 2.54 bits per heavy atom. The van der Waals surface area contributed by atoms with Crippen molar-refractivity contribution >= 4 is 21.8 Å². The average molecular weight is 410 g/mol. The third-order valence-corrected chi connectivity index (χ3v) is 6.56. The topological polar surface area (TPSA) is 95.6 Å². The summed E-state index contributed by atoms with van der Waals surface area (Å²) in [7, 11) is -3.62. The van der Waals surface area contributed by atoms with Crippen LogP contribution in [0.4, 0.5) is 0 Å². The number of unbranched alkanes of at least 4 members (excludes halogenated alkanes) is 1. The van der Waals surface area contributed by atoms with Gasteiger partial charge < -0.3 is 10.2 Å². The van der Waals surface area contributed by atoms with E-state index in [4.69, 9.17) is 0 Å². The smallest absolute Gasteiger partial charge is 0.240 e. The number of nitrogens with one attached hydrogen (secondary N) is 2. The minimum Gasteiger partial charge on any atom is -0.356 e. The van der Waals surface area contributed by atoms with E-state index in [-0.39, 0.29) is 41.6 Å². The van der Waals surface area contributed by atoms with Crippen LogP contribution in [0.5, 0.6) is 0 Å². The van der Waals surface area contributed by atoms with Gasteiger partial charge in [0, 0.05) is 32.1 Å². The van der Waals surface area contributed by atoms with E-state index in [1.807, 2.05) is 6.92 Å². The molecule has 0 saturated carbocycles. The maximum atomic E-state index is 12.6. The molecule has 7 nitrogen and oxygen atoms in total. The molecule has 0 aliphatic carbocycles. The predicted molar refractivity (Wildman–Crippen MR) is 108 cm³/mol. The van der Waals surface area contributed by atoms with Gasteiger partial charge in [0.1, 0.15) is 0 Å². The second-order valence-corrected chi connectivity index (χ2v) is 9.04. The minimum atomic E-state index is -3.62. The van der Waals surface area contributed by atoms with Crippen molar-refractivity contribution in [2.24, 2.45) is 5.92 Å². The van der Waals surface area contributed by atoms with Gasteiger partial charge in [0.15, 0.2) is 0 Å². The van der Waals surface area contributed by atoms with Crippen LogP contribution in [-0.2, 0) is 19.6 Å². The fourth-order valence-corrected chi connectivity index (χ4v) is 4.37. The Hall–Kier alpha value is -1.93. The largest absolute Gasteiger partial charge is 0.356 e. The van der Waals surface area contributed by atoms with Gasteiger partial charge in [-0.1, -0.05) is 31.5 Å². The molecular weight excluding hydrogens is 378 g/mol. The van der Waals surface area contributed by atoms with Gasteiger partial charge in [-0.25, -0.2) is 13.1 Å². The SMILES string of the molecule is CCCCNC(=O)C1CCC(C)N(C(=O)CCNS(=O)(=O)c2ccccc2)C1. The fraction of sp³-hybridized carbons (Fsp3) is 0.600. The lowest BCUT2D eigenvalue weighted by Crippen LogP contribution is -2.50. The van der Waals surface area contributed by atoms with Gasteiger partial charge in [0.05, 0.1) is 10.8 Å². The lowest BCUT2D eigenvalue weighted by Gasteiger charge is -2.37. The van der Waals surface area contributed by atoms with E-state index in [0.717, 1.165) is 25.7 Å². The highest BCUT2D eigenvalue weighted by atomic mass is 32.2. The molecule has 1 heterocycles. The highest BCUT2D eigenvalue weighted by molar-refractivity contribution is 7.89. The van der Waals surface area contributed by atoms with Gasteiger partial charge in [0.2, 0.25) is 21.8 Å². The van der Waals surface area contributed by atoms with Crippen LogP contribution in [0.3, 0.4) is 0 Å². The monoisotopic (exact) mass is 409 g/mol. The van der Waals surface area contributed by atoms with Gasteiger partial charge in [-0.3, -0.25) is 9.59 Å². The van der Waals surface area contributed by atoms with Crippen molar-refractivity contribution in [1.29, 1.82) is 0 Å². The molecule has 2 N–H and O–H groups in total. The Labute approximate surface area is 167 Å². The van der Waals surface area contributed by atoms with Gasteiger partial charge in [-0.15, -0.1) is 0 Å². The van der Waals surface area contributed by atoms with Crippen LogP contribution in [0.15, 0.2) is 35.2 Å². The summed E-state index contributed by atoms with van der Waals surface area (Å²) in [5.74, 6) is -0.324. The number of rotatable bonds is 9. The van der Waals surface area contributed by atoms with Gasteiger partial charge in [0.25, 0.3) is 0 Å². The molecule has 1 aliphatic heterocycles. The number of piperidine rings is 1. The first-order valence-electron chi connectivity index (χ1n) is 9.97. The van der Waals surface area contributed by atoms with E-state index >= 15 is 0 Å². The summed E-state index contributed by atoms with van der Waals surface area (Å²) in [6.45, 7) is 5.13. The van der Waals surface area contributed by atoms with Crippen molar-refractivity contribution in [1.82, 2.24) is 14.9 Å². The van der Waals surface area contributed by atoms with Crippen LogP contribution in [-0.4, -0.2) is 50.8 Å². The number of hydrogen-bond acceptors (Lipinski definition) is 4. The van der Waals surface area contributed by atoms with Crippen LogP contribution in [0.2, 0.25) is 0 Å². The maximum Gasteiger partial charge on any atom is 0.240 e. The summed E-state index contributed by atoms with van der Waals surface area (Å²) >= 11 is 0. The molecular formula is C20H31N3O4S. The molecule has 156 valence electrons. The van der Waals surface area contributed by atoms with E-state index in [1.54, 1.807) is 23.1 Å². The summed E-state index contributed by atoms with van der Waals surface area (Å²) in [5.41, 5.74) is 0. The van der Waals surface area contributed by atoms with Gasteiger partial charge >= 0.3 is 0 Å². The third-order valence-electron chi connectivity index (χ3n) is 5.09. The second-order valence-electron chi connectivity index (χ2n) is 7.27. The number of sulfonamides is 1. The molecule has 2 amide bonds. The van der Waals surface area contributed by atoms with Crippen molar-refractivity contribution in [2.75, 3.05) is 19.6 Å². The normalized spacial score (nSPS) is 20.0. The summed E-state index contributed by atoms with van der Waals surface area (Å²) in [6, 6.07) is 8.13. The molecule has 0 radical (unpaired) electrons. The fourth-order valence-electron chi connectivity index (χ4n) is 3.32.